The van der Waals surface area contributed by atoms with Crippen LogP contribution in [0.1, 0.15) is 5.56 Å². The van der Waals surface area contributed by atoms with Gasteiger partial charge in [-0.2, -0.15) is 0 Å². The third kappa shape index (κ3) is 3.91. The Morgan fingerprint density at radius 3 is 2.75 bits per heavy atom. The average molecular weight is 353 g/mol. The minimum absolute atomic E-state index is 0.0141. The molecule has 0 fully saturated rings. The molecular formula is C14H15N3O6S. The van der Waals surface area contributed by atoms with Gasteiger partial charge in [0.05, 0.1) is 28.1 Å². The molecule has 24 heavy (non-hydrogen) atoms. The van der Waals surface area contributed by atoms with Crippen molar-refractivity contribution in [2.45, 2.75) is 23.6 Å². The SMILES string of the molecule is Cc1c(Sc2ccccc2[N+](=O)[O-])n(COCCO)c(=O)[nH]c1=O. The normalized spacial score (nSPS) is 10.8. The van der Waals surface area contributed by atoms with Crippen LogP contribution in [0.3, 0.4) is 0 Å². The molecule has 0 unspecified atom stereocenters. The van der Waals surface area contributed by atoms with Gasteiger partial charge in [0.15, 0.2) is 0 Å². The first-order valence-electron chi connectivity index (χ1n) is 6.89. The molecule has 0 amide bonds. The Balaban J connectivity index is 2.51. The summed E-state index contributed by atoms with van der Waals surface area (Å²) in [6.45, 7) is 1.11. The second-order valence-corrected chi connectivity index (χ2v) is 5.74. The van der Waals surface area contributed by atoms with E-state index in [1.165, 1.54) is 25.1 Å². The number of ether oxygens (including phenoxy) is 1. The van der Waals surface area contributed by atoms with Crippen LogP contribution in [-0.2, 0) is 11.5 Å². The molecule has 2 aromatic rings. The minimum Gasteiger partial charge on any atom is -0.394 e. The molecule has 0 aliphatic carbocycles. The number of aromatic amines is 1. The van der Waals surface area contributed by atoms with Crippen molar-refractivity contribution in [3.8, 4) is 0 Å². The number of para-hydroxylation sites is 1. The standard InChI is InChI=1S/C14H15N3O6S/c1-9-12(19)15-14(20)16(8-23-7-6-18)13(9)24-11-5-3-2-4-10(11)17(21)22/h2-5,18H,6-8H2,1H3,(H,15,19,20). The number of hydrogen-bond donors (Lipinski definition) is 2. The molecule has 0 aliphatic rings. The summed E-state index contributed by atoms with van der Waals surface area (Å²) in [7, 11) is 0. The molecule has 0 saturated carbocycles. The zero-order chi connectivity index (χ0) is 17.7. The van der Waals surface area contributed by atoms with Crippen LogP contribution in [0.2, 0.25) is 0 Å². The Morgan fingerprint density at radius 1 is 1.38 bits per heavy atom. The van der Waals surface area contributed by atoms with Gasteiger partial charge in [0.25, 0.3) is 11.2 Å². The topological polar surface area (TPSA) is 127 Å². The van der Waals surface area contributed by atoms with Gasteiger partial charge in [0, 0.05) is 11.6 Å². The Hall–Kier alpha value is -2.43. The van der Waals surface area contributed by atoms with Gasteiger partial charge in [-0.15, -0.1) is 0 Å². The lowest BCUT2D eigenvalue weighted by Gasteiger charge is -2.14. The molecule has 1 heterocycles. The van der Waals surface area contributed by atoms with E-state index in [2.05, 4.69) is 4.98 Å². The highest BCUT2D eigenvalue weighted by molar-refractivity contribution is 7.99. The molecule has 0 bridgehead atoms. The molecule has 1 aromatic heterocycles. The molecule has 9 nitrogen and oxygen atoms in total. The Kier molecular flexibility index (Phi) is 5.90. The predicted octanol–water partition coefficient (Wildman–Crippen LogP) is 0.871. The number of H-pyrrole nitrogens is 1. The zero-order valence-corrected chi connectivity index (χ0v) is 13.5. The van der Waals surface area contributed by atoms with E-state index in [0.29, 0.717) is 4.90 Å². The maximum absolute atomic E-state index is 12.0. The van der Waals surface area contributed by atoms with Gasteiger partial charge in [-0.1, -0.05) is 23.9 Å². The van der Waals surface area contributed by atoms with E-state index in [-0.39, 0.29) is 36.2 Å². The molecule has 0 saturated heterocycles. The number of aliphatic hydroxyl groups is 1. The molecule has 0 radical (unpaired) electrons. The predicted molar refractivity (Wildman–Crippen MR) is 86.3 cm³/mol. The number of nitrogens with zero attached hydrogens (tertiary/aromatic N) is 2. The number of nitro groups is 1. The Morgan fingerprint density at radius 2 is 2.08 bits per heavy atom. The van der Waals surface area contributed by atoms with Gasteiger partial charge < -0.3 is 9.84 Å². The van der Waals surface area contributed by atoms with Crippen LogP contribution in [0.25, 0.3) is 0 Å². The fourth-order valence-corrected chi connectivity index (χ4v) is 3.01. The number of nitro benzene ring substituents is 1. The van der Waals surface area contributed by atoms with Crippen molar-refractivity contribution in [3.05, 3.63) is 60.8 Å². The van der Waals surface area contributed by atoms with Gasteiger partial charge in [0.1, 0.15) is 6.73 Å². The summed E-state index contributed by atoms with van der Waals surface area (Å²) < 4.78 is 6.30. The number of hydrogen-bond acceptors (Lipinski definition) is 7. The zero-order valence-electron chi connectivity index (χ0n) is 12.7. The summed E-state index contributed by atoms with van der Waals surface area (Å²) in [5.41, 5.74) is -1.15. The Bertz CT molecular complexity index is 860. The lowest BCUT2D eigenvalue weighted by molar-refractivity contribution is -0.387. The van der Waals surface area contributed by atoms with E-state index in [9.17, 15) is 19.7 Å². The molecular weight excluding hydrogens is 338 g/mol. The van der Waals surface area contributed by atoms with Crippen molar-refractivity contribution in [3.63, 3.8) is 0 Å². The van der Waals surface area contributed by atoms with Crippen LogP contribution >= 0.6 is 11.8 Å². The second kappa shape index (κ2) is 7.90. The van der Waals surface area contributed by atoms with Crippen LogP contribution in [-0.4, -0.2) is 32.8 Å². The van der Waals surface area contributed by atoms with Crippen molar-refractivity contribution >= 4 is 17.4 Å². The van der Waals surface area contributed by atoms with Crippen molar-refractivity contribution < 1.29 is 14.8 Å². The highest BCUT2D eigenvalue weighted by Gasteiger charge is 2.19. The summed E-state index contributed by atoms with van der Waals surface area (Å²) in [4.78, 5) is 36.9. The monoisotopic (exact) mass is 353 g/mol. The first kappa shape index (κ1) is 17.9. The van der Waals surface area contributed by atoms with Gasteiger partial charge in [-0.3, -0.25) is 24.5 Å². The van der Waals surface area contributed by atoms with Crippen LogP contribution < -0.4 is 11.2 Å². The number of rotatable bonds is 7. The maximum atomic E-state index is 12.0. The van der Waals surface area contributed by atoms with Crippen molar-refractivity contribution in [2.24, 2.45) is 0 Å². The van der Waals surface area contributed by atoms with Crippen LogP contribution in [0.5, 0.6) is 0 Å². The number of aromatic nitrogens is 2. The molecule has 0 spiro atoms. The molecule has 2 rings (SSSR count). The van der Waals surface area contributed by atoms with E-state index >= 15 is 0 Å². The highest BCUT2D eigenvalue weighted by Crippen LogP contribution is 2.34. The summed E-state index contributed by atoms with van der Waals surface area (Å²) in [5, 5.41) is 20.1. The highest BCUT2D eigenvalue weighted by atomic mass is 32.2. The summed E-state index contributed by atoms with van der Waals surface area (Å²) in [5.74, 6) is 0. The summed E-state index contributed by atoms with van der Waals surface area (Å²) in [6, 6.07) is 6.04. The molecule has 10 heteroatoms. The van der Waals surface area contributed by atoms with Gasteiger partial charge >= 0.3 is 5.69 Å². The Labute approximate surface area is 140 Å². The van der Waals surface area contributed by atoms with Gasteiger partial charge in [0.2, 0.25) is 0 Å². The van der Waals surface area contributed by atoms with Crippen LogP contribution in [0, 0.1) is 17.0 Å². The molecule has 128 valence electrons. The lowest BCUT2D eigenvalue weighted by Crippen LogP contribution is -2.33. The van der Waals surface area contributed by atoms with Gasteiger partial charge in [-0.25, -0.2) is 4.79 Å². The third-order valence-corrected chi connectivity index (χ3v) is 4.38. The maximum Gasteiger partial charge on any atom is 0.331 e. The molecule has 2 N–H and O–H groups in total. The van der Waals surface area contributed by atoms with Crippen molar-refractivity contribution in [1.29, 1.82) is 0 Å². The first-order valence-corrected chi connectivity index (χ1v) is 7.71. The van der Waals surface area contributed by atoms with Gasteiger partial charge in [-0.05, 0) is 13.0 Å². The third-order valence-electron chi connectivity index (χ3n) is 3.10. The lowest BCUT2D eigenvalue weighted by atomic mass is 10.3. The van der Waals surface area contributed by atoms with E-state index in [1.54, 1.807) is 6.07 Å². The fourth-order valence-electron chi connectivity index (χ4n) is 1.92. The molecule has 1 aromatic carbocycles. The van der Waals surface area contributed by atoms with Crippen molar-refractivity contribution in [1.82, 2.24) is 9.55 Å². The molecule has 0 atom stereocenters. The van der Waals surface area contributed by atoms with Crippen LogP contribution in [0.15, 0.2) is 43.8 Å². The summed E-state index contributed by atoms with van der Waals surface area (Å²) >= 11 is 0.941. The van der Waals surface area contributed by atoms with E-state index in [1.807, 2.05) is 0 Å². The van der Waals surface area contributed by atoms with E-state index in [0.717, 1.165) is 16.3 Å². The van der Waals surface area contributed by atoms with Crippen LogP contribution in [0.4, 0.5) is 5.69 Å². The average Bonchev–Trinajstić information content (AvgIpc) is 2.55. The summed E-state index contributed by atoms with van der Waals surface area (Å²) in [6.07, 6.45) is 0. The van der Waals surface area contributed by atoms with E-state index in [4.69, 9.17) is 9.84 Å². The number of nitrogens with one attached hydrogen (secondary N) is 1. The smallest absolute Gasteiger partial charge is 0.331 e. The fraction of sp³-hybridized carbons (Fsp3) is 0.286. The number of benzene rings is 1. The minimum atomic E-state index is -0.690. The number of aliphatic hydroxyl groups excluding tert-OH is 1. The van der Waals surface area contributed by atoms with Crippen molar-refractivity contribution in [2.75, 3.05) is 13.2 Å². The largest absolute Gasteiger partial charge is 0.394 e. The quantitative estimate of drug-likeness (QED) is 0.327. The first-order chi connectivity index (χ1) is 11.5. The second-order valence-electron chi connectivity index (χ2n) is 4.71. The molecule has 0 aliphatic heterocycles. The van der Waals surface area contributed by atoms with E-state index < -0.39 is 16.2 Å².